The fraction of sp³-hybridized carbons (Fsp3) is 0.421. The fourth-order valence-electron chi connectivity index (χ4n) is 3.60. The molecule has 0 bridgehead atoms. The number of hydrogen-bond acceptors (Lipinski definition) is 6. The number of ether oxygens (including phenoxy) is 1. The summed E-state index contributed by atoms with van der Waals surface area (Å²) >= 11 is 2.88. The maximum absolute atomic E-state index is 13.0. The van der Waals surface area contributed by atoms with Crippen LogP contribution in [0.2, 0.25) is 0 Å². The molecule has 0 aliphatic carbocycles. The molecule has 4 rings (SSSR count). The van der Waals surface area contributed by atoms with E-state index in [0.717, 1.165) is 10.4 Å². The highest BCUT2D eigenvalue weighted by Gasteiger charge is 2.37. The van der Waals surface area contributed by atoms with Gasteiger partial charge >= 0.3 is 0 Å². The lowest BCUT2D eigenvalue weighted by molar-refractivity contribution is -0.119. The molecule has 0 atom stereocenters. The molecule has 9 heteroatoms. The van der Waals surface area contributed by atoms with E-state index in [1.807, 2.05) is 22.4 Å². The highest BCUT2D eigenvalue weighted by molar-refractivity contribution is 7.17. The average Bonchev–Trinajstić information content (AvgIpc) is 3.32. The maximum atomic E-state index is 13.0. The first kappa shape index (κ1) is 19.1. The van der Waals surface area contributed by atoms with Gasteiger partial charge in [0.25, 0.3) is 11.8 Å². The molecule has 2 aromatic rings. The summed E-state index contributed by atoms with van der Waals surface area (Å²) in [5, 5.41) is 2.58. The quantitative estimate of drug-likeness (QED) is 0.761. The second-order valence-electron chi connectivity index (χ2n) is 6.84. The van der Waals surface area contributed by atoms with Crippen molar-refractivity contribution < 1.29 is 19.1 Å². The number of fused-ring (bicyclic) bond motifs is 3. The van der Waals surface area contributed by atoms with Gasteiger partial charge < -0.3 is 14.5 Å². The third kappa shape index (κ3) is 3.23. The van der Waals surface area contributed by atoms with Crippen LogP contribution in [0, 0.1) is 0 Å². The Morgan fingerprint density at radius 3 is 2.82 bits per heavy atom. The molecule has 0 fully saturated rings. The minimum atomic E-state index is -0.126. The lowest BCUT2D eigenvalue weighted by atomic mass is 10.0. The van der Waals surface area contributed by atoms with Crippen LogP contribution < -0.4 is 4.90 Å². The second kappa shape index (κ2) is 7.65. The first-order valence-electron chi connectivity index (χ1n) is 9.03. The Morgan fingerprint density at radius 2 is 2.11 bits per heavy atom. The third-order valence-corrected chi connectivity index (χ3v) is 7.15. The summed E-state index contributed by atoms with van der Waals surface area (Å²) in [6, 6.07) is 3.70. The number of thiophene rings is 2. The van der Waals surface area contributed by atoms with Crippen molar-refractivity contribution in [1.82, 2.24) is 9.80 Å². The molecule has 28 heavy (non-hydrogen) atoms. The summed E-state index contributed by atoms with van der Waals surface area (Å²) in [5.41, 5.74) is 1.59. The largest absolute Gasteiger partial charge is 0.383 e. The predicted octanol–water partition coefficient (Wildman–Crippen LogP) is 2.07. The highest BCUT2D eigenvalue weighted by atomic mass is 32.1. The van der Waals surface area contributed by atoms with E-state index < -0.39 is 0 Å². The number of hydrogen-bond donors (Lipinski definition) is 0. The molecule has 0 unspecified atom stereocenters. The number of rotatable bonds is 4. The van der Waals surface area contributed by atoms with E-state index in [9.17, 15) is 14.4 Å². The van der Waals surface area contributed by atoms with Crippen LogP contribution in [0.25, 0.3) is 0 Å². The zero-order valence-electron chi connectivity index (χ0n) is 15.8. The van der Waals surface area contributed by atoms with Crippen molar-refractivity contribution in [2.75, 3.05) is 45.3 Å². The van der Waals surface area contributed by atoms with Gasteiger partial charge in [0.15, 0.2) is 0 Å². The van der Waals surface area contributed by atoms with E-state index in [0.29, 0.717) is 48.1 Å². The summed E-state index contributed by atoms with van der Waals surface area (Å²) < 4.78 is 5.15. The molecule has 148 valence electrons. The lowest BCUT2D eigenvalue weighted by Gasteiger charge is -2.27. The smallest absolute Gasteiger partial charge is 0.264 e. The van der Waals surface area contributed by atoms with Gasteiger partial charge in [-0.05, 0) is 23.4 Å². The van der Waals surface area contributed by atoms with Gasteiger partial charge in [0.2, 0.25) is 5.91 Å². The monoisotopic (exact) mass is 419 g/mol. The molecule has 2 aromatic heterocycles. The molecule has 0 aromatic carbocycles. The Hall–Kier alpha value is -2.23. The van der Waals surface area contributed by atoms with Gasteiger partial charge in [-0.25, -0.2) is 0 Å². The van der Waals surface area contributed by atoms with Crippen molar-refractivity contribution in [1.29, 1.82) is 0 Å². The van der Waals surface area contributed by atoms with E-state index in [1.54, 1.807) is 19.1 Å². The number of likely N-dealkylation sites (N-methyl/N-ethyl adjacent to an activating group) is 1. The summed E-state index contributed by atoms with van der Waals surface area (Å²) in [7, 11) is 3.25. The molecule has 0 saturated carbocycles. The van der Waals surface area contributed by atoms with Crippen LogP contribution in [0.5, 0.6) is 0 Å². The molecule has 3 amide bonds. The molecule has 0 saturated heterocycles. The highest BCUT2D eigenvalue weighted by Crippen LogP contribution is 2.41. The molecule has 0 radical (unpaired) electrons. The number of nitrogens with zero attached hydrogens (tertiary/aromatic N) is 3. The van der Waals surface area contributed by atoms with Gasteiger partial charge in [0.05, 0.1) is 30.1 Å². The van der Waals surface area contributed by atoms with Crippen LogP contribution in [-0.4, -0.2) is 67.9 Å². The van der Waals surface area contributed by atoms with E-state index >= 15 is 0 Å². The maximum Gasteiger partial charge on any atom is 0.264 e. The molecular formula is C19H21N3O4S2. The molecule has 0 N–H and O–H groups in total. The molecular weight excluding hydrogens is 398 g/mol. The number of anilines is 1. The zero-order chi connectivity index (χ0) is 19.8. The normalized spacial score (nSPS) is 16.9. The minimum absolute atomic E-state index is 0.0139. The Morgan fingerprint density at radius 1 is 1.29 bits per heavy atom. The van der Waals surface area contributed by atoms with Gasteiger partial charge in [-0.2, -0.15) is 0 Å². The molecule has 2 aliphatic heterocycles. The number of amides is 3. The van der Waals surface area contributed by atoms with Gasteiger partial charge in [-0.1, -0.05) is 6.07 Å². The van der Waals surface area contributed by atoms with Crippen molar-refractivity contribution in [2.24, 2.45) is 0 Å². The Balaban J connectivity index is 1.70. The number of methoxy groups -OCH3 is 1. The fourth-order valence-corrected chi connectivity index (χ4v) is 5.69. The molecule has 0 spiro atoms. The number of carbonyl (C=O) groups excluding carboxylic acids is 3. The molecule has 4 heterocycles. The first-order valence-corrected chi connectivity index (χ1v) is 10.7. The van der Waals surface area contributed by atoms with Crippen LogP contribution in [0.4, 0.5) is 5.00 Å². The van der Waals surface area contributed by atoms with E-state index in [1.165, 1.54) is 27.6 Å². The van der Waals surface area contributed by atoms with Gasteiger partial charge in [0, 0.05) is 25.6 Å². The van der Waals surface area contributed by atoms with Crippen LogP contribution in [0.1, 0.15) is 30.5 Å². The second-order valence-corrected chi connectivity index (χ2v) is 8.87. The van der Waals surface area contributed by atoms with E-state index in [4.69, 9.17) is 4.74 Å². The Labute approximate surface area is 171 Å². The minimum Gasteiger partial charge on any atom is -0.383 e. The van der Waals surface area contributed by atoms with E-state index in [2.05, 4.69) is 0 Å². The third-order valence-electron chi connectivity index (χ3n) is 5.06. The predicted molar refractivity (Wildman–Crippen MR) is 108 cm³/mol. The van der Waals surface area contributed by atoms with Gasteiger partial charge in [-0.3, -0.25) is 19.3 Å². The molecule has 7 nitrogen and oxygen atoms in total. The van der Waals surface area contributed by atoms with Crippen LogP contribution in [0.15, 0.2) is 17.5 Å². The van der Waals surface area contributed by atoms with Crippen molar-refractivity contribution in [3.05, 3.63) is 38.4 Å². The standard InChI is InChI=1S/C19H21N3O4S2/c1-20-11-15(23)22(7-8-26-2)19-16(18(20)25)12-5-6-21(10-14(12)28-19)17(24)13-4-3-9-27-13/h3-4,9H,5-8,10-11H2,1-2H3. The number of carbonyl (C=O) groups is 3. The van der Waals surface area contributed by atoms with Crippen LogP contribution in [0.3, 0.4) is 0 Å². The van der Waals surface area contributed by atoms with Crippen molar-refractivity contribution in [3.63, 3.8) is 0 Å². The zero-order valence-corrected chi connectivity index (χ0v) is 17.4. The van der Waals surface area contributed by atoms with Crippen molar-refractivity contribution in [3.8, 4) is 0 Å². The van der Waals surface area contributed by atoms with Crippen LogP contribution >= 0.6 is 22.7 Å². The van der Waals surface area contributed by atoms with Gasteiger partial charge in [0.1, 0.15) is 11.5 Å². The van der Waals surface area contributed by atoms with E-state index in [-0.39, 0.29) is 24.3 Å². The topological polar surface area (TPSA) is 70.2 Å². The summed E-state index contributed by atoms with van der Waals surface area (Å²) in [6.45, 7) is 1.89. The van der Waals surface area contributed by atoms with Crippen LogP contribution in [-0.2, 0) is 22.5 Å². The summed E-state index contributed by atoms with van der Waals surface area (Å²) in [5.74, 6) is -0.226. The van der Waals surface area contributed by atoms with Crippen molar-refractivity contribution in [2.45, 2.75) is 13.0 Å². The Kier molecular flexibility index (Phi) is 5.22. The summed E-state index contributed by atoms with van der Waals surface area (Å²) in [6.07, 6.45) is 0.615. The molecule has 2 aliphatic rings. The first-order chi connectivity index (χ1) is 13.5. The average molecular weight is 420 g/mol. The SMILES string of the molecule is COCCN1C(=O)CN(C)C(=O)c2c1sc1c2CCN(C(=O)c2cccs2)C1. The Bertz CT molecular complexity index is 922. The lowest BCUT2D eigenvalue weighted by Crippen LogP contribution is -2.39. The van der Waals surface area contributed by atoms with Gasteiger partial charge in [-0.15, -0.1) is 22.7 Å². The summed E-state index contributed by atoms with van der Waals surface area (Å²) in [4.78, 5) is 45.1. The van der Waals surface area contributed by atoms with Crippen molar-refractivity contribution >= 4 is 45.4 Å².